The third-order valence-electron chi connectivity index (χ3n) is 2.98. The third kappa shape index (κ3) is 4.91. The molecule has 0 atom stereocenters. The van der Waals surface area contributed by atoms with E-state index in [1.54, 1.807) is 25.3 Å². The van der Waals surface area contributed by atoms with Gasteiger partial charge in [0.2, 0.25) is 5.91 Å². The van der Waals surface area contributed by atoms with Gasteiger partial charge < -0.3 is 15.4 Å². The van der Waals surface area contributed by atoms with Crippen molar-refractivity contribution in [3.05, 3.63) is 58.1 Å². The van der Waals surface area contributed by atoms with Crippen molar-refractivity contribution < 1.29 is 9.53 Å². The molecule has 0 fully saturated rings. The van der Waals surface area contributed by atoms with E-state index in [4.69, 9.17) is 27.9 Å². The molecule has 0 saturated carbocycles. The van der Waals surface area contributed by atoms with Gasteiger partial charge in [0.15, 0.2) is 0 Å². The van der Waals surface area contributed by atoms with Crippen molar-refractivity contribution in [1.82, 2.24) is 5.32 Å². The maximum absolute atomic E-state index is 11.9. The Morgan fingerprint density at radius 2 is 1.86 bits per heavy atom. The molecule has 0 radical (unpaired) electrons. The molecule has 0 aliphatic heterocycles. The number of ether oxygens (including phenoxy) is 1. The van der Waals surface area contributed by atoms with Crippen molar-refractivity contribution in [2.45, 2.75) is 6.54 Å². The van der Waals surface area contributed by atoms with Gasteiger partial charge in [-0.2, -0.15) is 0 Å². The summed E-state index contributed by atoms with van der Waals surface area (Å²) in [5.74, 6) is 0.636. The van der Waals surface area contributed by atoms with Crippen LogP contribution in [0.15, 0.2) is 42.5 Å². The van der Waals surface area contributed by atoms with Crippen LogP contribution in [0.3, 0.4) is 0 Å². The molecule has 0 saturated heterocycles. The largest absolute Gasteiger partial charge is 0.497 e. The van der Waals surface area contributed by atoms with Gasteiger partial charge in [0.25, 0.3) is 0 Å². The summed E-state index contributed by atoms with van der Waals surface area (Å²) in [4.78, 5) is 11.9. The summed E-state index contributed by atoms with van der Waals surface area (Å²) in [6.45, 7) is 0.775. The Bertz CT molecular complexity index is 645. The highest BCUT2D eigenvalue weighted by atomic mass is 35.5. The molecule has 0 bridgehead atoms. The number of hydrogen-bond acceptors (Lipinski definition) is 3. The maximum atomic E-state index is 11.9. The molecule has 0 heterocycles. The number of halogens is 2. The second kappa shape index (κ2) is 8.03. The number of nitrogens with one attached hydrogen (secondary N) is 2. The lowest BCUT2D eigenvalue weighted by Gasteiger charge is -2.09. The Kier molecular flexibility index (Phi) is 6.07. The molecule has 116 valence electrons. The minimum atomic E-state index is -0.169. The number of amides is 1. The van der Waals surface area contributed by atoms with Crippen LogP contribution in [0.5, 0.6) is 5.75 Å². The number of carbonyl (C=O) groups is 1. The van der Waals surface area contributed by atoms with Crippen LogP contribution in [-0.4, -0.2) is 19.6 Å². The first-order valence-corrected chi connectivity index (χ1v) is 7.42. The van der Waals surface area contributed by atoms with Gasteiger partial charge in [-0.3, -0.25) is 4.79 Å². The normalized spacial score (nSPS) is 10.3. The van der Waals surface area contributed by atoms with E-state index in [1.165, 1.54) is 0 Å². The highest BCUT2D eigenvalue weighted by Gasteiger charge is 2.06. The number of benzene rings is 2. The van der Waals surface area contributed by atoms with Crippen LogP contribution in [-0.2, 0) is 11.3 Å². The molecular formula is C16H16Cl2N2O2. The Morgan fingerprint density at radius 1 is 1.14 bits per heavy atom. The van der Waals surface area contributed by atoms with Gasteiger partial charge in [0, 0.05) is 11.6 Å². The first kappa shape index (κ1) is 16.6. The van der Waals surface area contributed by atoms with Crippen molar-refractivity contribution >= 4 is 34.8 Å². The Balaban J connectivity index is 1.79. The molecule has 2 N–H and O–H groups in total. The Labute approximate surface area is 139 Å². The Morgan fingerprint density at radius 3 is 2.50 bits per heavy atom. The summed E-state index contributed by atoms with van der Waals surface area (Å²) in [6.07, 6.45) is 0. The summed E-state index contributed by atoms with van der Waals surface area (Å²) >= 11 is 11.8. The van der Waals surface area contributed by atoms with Gasteiger partial charge in [-0.15, -0.1) is 0 Å². The fourth-order valence-electron chi connectivity index (χ4n) is 1.85. The van der Waals surface area contributed by atoms with Crippen molar-refractivity contribution in [3.8, 4) is 5.75 Å². The second-order valence-corrected chi connectivity index (χ2v) is 5.47. The molecule has 4 nitrogen and oxygen atoms in total. The Hall–Kier alpha value is -1.75. The minimum absolute atomic E-state index is 0.169. The van der Waals surface area contributed by atoms with Crippen LogP contribution in [0.2, 0.25) is 10.0 Å². The molecule has 0 unspecified atom stereocenters. The number of methoxy groups -OCH3 is 1. The molecule has 1 amide bonds. The zero-order chi connectivity index (χ0) is 15.9. The van der Waals surface area contributed by atoms with E-state index in [2.05, 4.69) is 10.6 Å². The number of rotatable bonds is 6. The van der Waals surface area contributed by atoms with Crippen LogP contribution in [0.25, 0.3) is 0 Å². The van der Waals surface area contributed by atoms with E-state index in [9.17, 15) is 4.79 Å². The third-order valence-corrected chi connectivity index (χ3v) is 3.53. The van der Waals surface area contributed by atoms with E-state index < -0.39 is 0 Å². The zero-order valence-electron chi connectivity index (χ0n) is 12.0. The summed E-state index contributed by atoms with van der Waals surface area (Å²) in [7, 11) is 1.62. The SMILES string of the molecule is COc1ccc(CNCC(=O)Nc2ccc(Cl)cc2Cl)cc1. The average Bonchev–Trinajstić information content (AvgIpc) is 2.51. The van der Waals surface area contributed by atoms with Crippen molar-refractivity contribution in [3.63, 3.8) is 0 Å². The van der Waals surface area contributed by atoms with Gasteiger partial charge in [-0.05, 0) is 35.9 Å². The minimum Gasteiger partial charge on any atom is -0.497 e. The highest BCUT2D eigenvalue weighted by molar-refractivity contribution is 6.36. The molecular weight excluding hydrogens is 323 g/mol. The first-order chi connectivity index (χ1) is 10.6. The lowest BCUT2D eigenvalue weighted by atomic mass is 10.2. The lowest BCUT2D eigenvalue weighted by Crippen LogP contribution is -2.27. The molecule has 2 rings (SSSR count). The van der Waals surface area contributed by atoms with Gasteiger partial charge >= 0.3 is 0 Å². The number of hydrogen-bond donors (Lipinski definition) is 2. The molecule has 2 aromatic rings. The van der Waals surface area contributed by atoms with Crippen molar-refractivity contribution in [2.24, 2.45) is 0 Å². The van der Waals surface area contributed by atoms with Crippen LogP contribution >= 0.6 is 23.2 Å². The standard InChI is InChI=1S/C16H16Cl2N2O2/c1-22-13-5-2-11(3-6-13)9-19-10-16(21)20-15-7-4-12(17)8-14(15)18/h2-8,19H,9-10H2,1H3,(H,20,21). The molecule has 0 spiro atoms. The van der Waals surface area contributed by atoms with Gasteiger partial charge in [0.1, 0.15) is 5.75 Å². The van der Waals surface area contributed by atoms with E-state index in [1.807, 2.05) is 24.3 Å². The van der Waals surface area contributed by atoms with Crippen LogP contribution < -0.4 is 15.4 Å². The fourth-order valence-corrected chi connectivity index (χ4v) is 2.30. The predicted molar refractivity (Wildman–Crippen MR) is 89.8 cm³/mol. The van der Waals surface area contributed by atoms with E-state index in [-0.39, 0.29) is 12.5 Å². The molecule has 0 aliphatic rings. The highest BCUT2D eigenvalue weighted by Crippen LogP contribution is 2.25. The summed E-state index contributed by atoms with van der Waals surface area (Å²) < 4.78 is 5.09. The van der Waals surface area contributed by atoms with Crippen LogP contribution in [0, 0.1) is 0 Å². The van der Waals surface area contributed by atoms with Crippen LogP contribution in [0.4, 0.5) is 5.69 Å². The monoisotopic (exact) mass is 338 g/mol. The quantitative estimate of drug-likeness (QED) is 0.843. The topological polar surface area (TPSA) is 50.4 Å². The molecule has 0 aromatic heterocycles. The number of anilines is 1. The second-order valence-electron chi connectivity index (χ2n) is 4.62. The van der Waals surface area contributed by atoms with Gasteiger partial charge in [-0.25, -0.2) is 0 Å². The molecule has 22 heavy (non-hydrogen) atoms. The van der Waals surface area contributed by atoms with Crippen LogP contribution in [0.1, 0.15) is 5.56 Å². The summed E-state index contributed by atoms with van der Waals surface area (Å²) in [5, 5.41) is 6.74. The average molecular weight is 339 g/mol. The zero-order valence-corrected chi connectivity index (χ0v) is 13.5. The first-order valence-electron chi connectivity index (χ1n) is 6.67. The van der Waals surface area contributed by atoms with E-state index in [0.29, 0.717) is 22.3 Å². The van der Waals surface area contributed by atoms with Crippen molar-refractivity contribution in [1.29, 1.82) is 0 Å². The molecule has 2 aromatic carbocycles. The lowest BCUT2D eigenvalue weighted by molar-refractivity contribution is -0.115. The fraction of sp³-hybridized carbons (Fsp3) is 0.188. The van der Waals surface area contributed by atoms with E-state index in [0.717, 1.165) is 11.3 Å². The van der Waals surface area contributed by atoms with Gasteiger partial charge in [0.05, 0.1) is 24.4 Å². The number of carbonyl (C=O) groups excluding carboxylic acids is 1. The molecule has 0 aliphatic carbocycles. The smallest absolute Gasteiger partial charge is 0.238 e. The van der Waals surface area contributed by atoms with Crippen molar-refractivity contribution in [2.75, 3.05) is 19.0 Å². The van der Waals surface area contributed by atoms with Gasteiger partial charge in [-0.1, -0.05) is 35.3 Å². The summed E-state index contributed by atoms with van der Waals surface area (Å²) in [6, 6.07) is 12.6. The molecule has 6 heteroatoms. The van der Waals surface area contributed by atoms with E-state index >= 15 is 0 Å². The summed E-state index contributed by atoms with van der Waals surface area (Å²) in [5.41, 5.74) is 1.61. The maximum Gasteiger partial charge on any atom is 0.238 e. The predicted octanol–water partition coefficient (Wildman–Crippen LogP) is 3.73.